The Labute approximate surface area is 478 Å². The fourth-order valence-corrected chi connectivity index (χ4v) is 8.60. The van der Waals surface area contributed by atoms with E-state index in [0.717, 1.165) is 122 Å². The van der Waals surface area contributed by atoms with Gasteiger partial charge in [0.15, 0.2) is 0 Å². The van der Waals surface area contributed by atoms with Crippen molar-refractivity contribution in [2.24, 2.45) is 0 Å². The van der Waals surface area contributed by atoms with Crippen molar-refractivity contribution in [1.29, 1.82) is 0 Å². The summed E-state index contributed by atoms with van der Waals surface area (Å²) < 4.78 is 30.6. The van der Waals surface area contributed by atoms with Gasteiger partial charge in [-0.15, -0.1) is 0 Å². The fraction of sp³-hybridized carbons (Fsp3) is 0.618. The van der Waals surface area contributed by atoms with Crippen molar-refractivity contribution in [2.45, 2.75) is 232 Å². The number of rotatable bonds is 53. The molecule has 0 fully saturated rings. The number of quaternary nitrogens is 1. The van der Waals surface area contributed by atoms with Gasteiger partial charge in [0.1, 0.15) is 19.3 Å². The Hall–Kier alpha value is -4.11. The number of amides is 1. The van der Waals surface area contributed by atoms with Crippen molar-refractivity contribution in [1.82, 2.24) is 5.32 Å². The molecular formula is C68H114N2O7P+. The summed E-state index contributed by atoms with van der Waals surface area (Å²) in [5.41, 5.74) is 0. The van der Waals surface area contributed by atoms with E-state index in [1.54, 1.807) is 0 Å². The number of carbonyl (C=O) groups is 2. The lowest BCUT2D eigenvalue weighted by Gasteiger charge is -2.27. The monoisotopic (exact) mass is 1100 g/mol. The molecule has 0 spiro atoms. The molecule has 2 N–H and O–H groups in total. The van der Waals surface area contributed by atoms with Gasteiger partial charge in [0.05, 0.1) is 33.8 Å². The summed E-state index contributed by atoms with van der Waals surface area (Å²) in [6, 6.07) is -0.900. The van der Waals surface area contributed by atoms with Gasteiger partial charge in [-0.25, -0.2) is 4.57 Å². The van der Waals surface area contributed by atoms with E-state index in [1.807, 2.05) is 33.3 Å². The highest BCUT2D eigenvalue weighted by Crippen LogP contribution is 2.43. The molecule has 442 valence electrons. The standard InChI is InChI=1S/C68H113N2O7P/c1-7-10-13-16-19-22-25-28-30-32-33-34-35-36-37-39-41-43-46-49-52-55-58-61-68(72)77-66(59-56-53-50-47-44-27-24-21-18-15-12-9-3)65(64-76-78(73,74)75-63-62-70(4,5)6)69-67(71)60-57-54-51-48-45-42-40-38-31-29-26-23-20-17-14-11-8-2/h10-11,13-14,19-20,22-23,28-31,33-34,36-37,40-43,48,51,56,59,65-66H,7-9,12,15-18,21,24-27,32,35,38-39,44-47,49-50,52-55,57-58,60-64H2,1-6H3,(H-,69,71,73,74)/p+1/b13-10-,14-11-,22-19-,23-20-,30-28-,31-29-,34-33-,37-36-,42-40-,43-41-,51-48-,59-56-. The summed E-state index contributed by atoms with van der Waals surface area (Å²) in [6.07, 6.45) is 81.4. The second kappa shape index (κ2) is 56.2. The fourth-order valence-electron chi connectivity index (χ4n) is 7.86. The van der Waals surface area contributed by atoms with Crippen molar-refractivity contribution in [3.63, 3.8) is 0 Å². The highest BCUT2D eigenvalue weighted by Gasteiger charge is 2.30. The average Bonchev–Trinajstić information content (AvgIpc) is 3.40. The van der Waals surface area contributed by atoms with Crippen molar-refractivity contribution >= 4 is 19.7 Å². The zero-order valence-corrected chi connectivity index (χ0v) is 51.2. The van der Waals surface area contributed by atoms with E-state index < -0.39 is 20.0 Å². The van der Waals surface area contributed by atoms with Crippen LogP contribution in [0.4, 0.5) is 0 Å². The Morgan fingerprint density at radius 2 is 0.833 bits per heavy atom. The predicted octanol–water partition coefficient (Wildman–Crippen LogP) is 19.0. The minimum absolute atomic E-state index is 0.0165. The maximum Gasteiger partial charge on any atom is 0.472 e. The van der Waals surface area contributed by atoms with Crippen LogP contribution in [0.2, 0.25) is 0 Å². The molecule has 0 aromatic heterocycles. The maximum atomic E-state index is 13.5. The summed E-state index contributed by atoms with van der Waals surface area (Å²) in [5.74, 6) is -0.615. The quantitative estimate of drug-likeness (QED) is 0.0205. The molecule has 10 heteroatoms. The van der Waals surface area contributed by atoms with E-state index in [2.05, 4.69) is 160 Å². The smallest absolute Gasteiger partial charge is 0.456 e. The SMILES string of the molecule is CC/C=C\C/C=C\C/C=C\C/C=C\C/C=C\C/C=C\CCCCCCC(=O)OC(/C=C\CCCCCCCCCCCC)C(COP(=O)(O)OCC[N+](C)(C)C)NC(=O)CCC/C=C\C/C=C\C/C=C\C/C=C\C/C=C\CC. The number of nitrogens with zero attached hydrogens (tertiary/aromatic N) is 1. The molecule has 3 unspecified atom stereocenters. The second-order valence-electron chi connectivity index (χ2n) is 21.1. The minimum Gasteiger partial charge on any atom is -0.456 e. The van der Waals surface area contributed by atoms with Crippen LogP contribution in [-0.2, 0) is 27.9 Å². The lowest BCUT2D eigenvalue weighted by Crippen LogP contribution is -2.47. The minimum atomic E-state index is -4.48. The molecule has 0 saturated heterocycles. The van der Waals surface area contributed by atoms with E-state index in [4.69, 9.17) is 13.8 Å². The first-order valence-electron chi connectivity index (χ1n) is 30.7. The molecule has 0 rings (SSSR count). The number of carbonyl (C=O) groups excluding carboxylic acids is 2. The highest BCUT2D eigenvalue weighted by atomic mass is 31.2. The van der Waals surface area contributed by atoms with Gasteiger partial charge in [-0.2, -0.15) is 0 Å². The van der Waals surface area contributed by atoms with Crippen LogP contribution in [0.3, 0.4) is 0 Å². The molecule has 9 nitrogen and oxygen atoms in total. The number of likely N-dealkylation sites (N-methyl/N-ethyl adjacent to an activating group) is 1. The van der Waals surface area contributed by atoms with Crippen LogP contribution in [-0.4, -0.2) is 74.3 Å². The van der Waals surface area contributed by atoms with Crippen LogP contribution in [0.15, 0.2) is 146 Å². The molecule has 0 heterocycles. The van der Waals surface area contributed by atoms with Crippen molar-refractivity contribution in [2.75, 3.05) is 40.9 Å². The van der Waals surface area contributed by atoms with E-state index in [0.29, 0.717) is 23.9 Å². The molecule has 0 bridgehead atoms. The number of phosphoric acid groups is 1. The molecule has 0 aromatic carbocycles. The Kier molecular flexibility index (Phi) is 53.2. The van der Waals surface area contributed by atoms with Crippen LogP contribution in [0.25, 0.3) is 0 Å². The largest absolute Gasteiger partial charge is 0.472 e. The van der Waals surface area contributed by atoms with Gasteiger partial charge in [0, 0.05) is 12.8 Å². The number of hydrogen-bond acceptors (Lipinski definition) is 6. The molecule has 0 aliphatic rings. The normalized spacial score (nSPS) is 14.7. The number of phosphoric ester groups is 1. The van der Waals surface area contributed by atoms with Crippen LogP contribution in [0, 0.1) is 0 Å². The number of unbranched alkanes of at least 4 members (excludes halogenated alkanes) is 15. The van der Waals surface area contributed by atoms with Crippen LogP contribution >= 0.6 is 7.82 Å². The molecule has 78 heavy (non-hydrogen) atoms. The third-order valence-electron chi connectivity index (χ3n) is 12.5. The highest BCUT2D eigenvalue weighted by molar-refractivity contribution is 7.47. The van der Waals surface area contributed by atoms with Gasteiger partial charge in [-0.1, -0.05) is 231 Å². The Bertz CT molecular complexity index is 1840. The Morgan fingerprint density at radius 1 is 0.462 bits per heavy atom. The third kappa shape index (κ3) is 56.6. The van der Waals surface area contributed by atoms with Crippen LogP contribution in [0.5, 0.6) is 0 Å². The maximum absolute atomic E-state index is 13.5. The molecule has 3 atom stereocenters. The van der Waals surface area contributed by atoms with Crippen molar-refractivity contribution < 1.29 is 37.3 Å². The summed E-state index contributed by atoms with van der Waals surface area (Å²) in [6.45, 7) is 6.69. The lowest BCUT2D eigenvalue weighted by atomic mass is 10.1. The molecule has 0 aliphatic carbocycles. The topological polar surface area (TPSA) is 111 Å². The second-order valence-corrected chi connectivity index (χ2v) is 22.6. The van der Waals surface area contributed by atoms with Crippen molar-refractivity contribution in [3.05, 3.63) is 146 Å². The van der Waals surface area contributed by atoms with E-state index in [9.17, 15) is 19.0 Å². The number of esters is 1. The first kappa shape index (κ1) is 73.9. The number of nitrogens with one attached hydrogen (secondary N) is 1. The van der Waals surface area contributed by atoms with Gasteiger partial charge < -0.3 is 19.4 Å². The molecular weight excluding hydrogens is 988 g/mol. The number of hydrogen-bond donors (Lipinski definition) is 2. The molecule has 0 aliphatic heterocycles. The number of allylic oxidation sites excluding steroid dienone is 23. The van der Waals surface area contributed by atoms with E-state index in [1.165, 1.54) is 51.4 Å². The van der Waals surface area contributed by atoms with Crippen molar-refractivity contribution in [3.8, 4) is 0 Å². The first-order chi connectivity index (χ1) is 37.9. The molecule has 0 saturated carbocycles. The van der Waals surface area contributed by atoms with Gasteiger partial charge in [-0.05, 0) is 122 Å². The molecule has 0 radical (unpaired) electrons. The molecule has 1 amide bonds. The average molecular weight is 1100 g/mol. The van der Waals surface area contributed by atoms with Gasteiger partial charge in [0.2, 0.25) is 5.91 Å². The van der Waals surface area contributed by atoms with Crippen LogP contribution in [0.1, 0.15) is 220 Å². The summed E-state index contributed by atoms with van der Waals surface area (Å²) >= 11 is 0. The zero-order valence-electron chi connectivity index (χ0n) is 50.3. The Morgan fingerprint density at radius 3 is 1.26 bits per heavy atom. The predicted molar refractivity (Wildman–Crippen MR) is 336 cm³/mol. The first-order valence-corrected chi connectivity index (χ1v) is 32.2. The van der Waals surface area contributed by atoms with Gasteiger partial charge in [0.25, 0.3) is 0 Å². The summed E-state index contributed by atoms with van der Waals surface area (Å²) in [5, 5.41) is 3.01. The van der Waals surface area contributed by atoms with Crippen LogP contribution < -0.4 is 5.32 Å². The number of ether oxygens (including phenoxy) is 1. The van der Waals surface area contributed by atoms with Gasteiger partial charge >= 0.3 is 13.8 Å². The van der Waals surface area contributed by atoms with E-state index >= 15 is 0 Å². The third-order valence-corrected chi connectivity index (χ3v) is 13.5. The Balaban J connectivity index is 5.40. The summed E-state index contributed by atoms with van der Waals surface area (Å²) in [7, 11) is 1.42. The van der Waals surface area contributed by atoms with Gasteiger partial charge in [-0.3, -0.25) is 18.6 Å². The van der Waals surface area contributed by atoms with E-state index in [-0.39, 0.29) is 37.9 Å². The molecule has 0 aromatic rings. The zero-order chi connectivity index (χ0) is 57.2. The summed E-state index contributed by atoms with van der Waals surface area (Å²) in [4.78, 5) is 37.7. The lowest BCUT2D eigenvalue weighted by molar-refractivity contribution is -0.870.